The van der Waals surface area contributed by atoms with Gasteiger partial charge in [0, 0.05) is 11.1 Å². The molecule has 1 aromatic heterocycles. The van der Waals surface area contributed by atoms with Gasteiger partial charge in [-0.1, -0.05) is 24.3 Å². The van der Waals surface area contributed by atoms with E-state index in [1.54, 1.807) is 12.3 Å². The van der Waals surface area contributed by atoms with Gasteiger partial charge in [-0.25, -0.2) is 4.98 Å². The van der Waals surface area contributed by atoms with Gasteiger partial charge in [-0.05, 0) is 0 Å². The van der Waals surface area contributed by atoms with E-state index in [1.807, 2.05) is 0 Å². The molecule has 4 heteroatoms. The van der Waals surface area contributed by atoms with Gasteiger partial charge in [0.05, 0.1) is 0 Å². The summed E-state index contributed by atoms with van der Waals surface area (Å²) >= 11 is 6.92. The molecule has 0 bridgehead atoms. The van der Waals surface area contributed by atoms with Crippen LogP contribution in [0.3, 0.4) is 0 Å². The summed E-state index contributed by atoms with van der Waals surface area (Å²) in [4.78, 5) is 4.81. The van der Waals surface area contributed by atoms with Crippen molar-refractivity contribution in [3.8, 4) is 0 Å². The molecular weight excluding hydrogens is 156 g/mol. The average molecular weight is 163 g/mol. The summed E-state index contributed by atoms with van der Waals surface area (Å²) in [5, 5.41) is 0. The second-order valence-corrected chi connectivity index (χ2v) is 2.86. The van der Waals surface area contributed by atoms with Gasteiger partial charge in [0.2, 0.25) is 0 Å². The fraction of sp³-hybridized carbons (Fsp3) is 0. The first-order valence-electron chi connectivity index (χ1n) is 2.06. The highest BCUT2D eigenvalue weighted by atomic mass is 35.5. The van der Waals surface area contributed by atoms with Crippen LogP contribution in [0.5, 0.6) is 0 Å². The Morgan fingerprint density at radius 1 is 1.78 bits per heavy atom. The predicted molar refractivity (Wildman–Crippen MR) is 42.2 cm³/mol. The van der Waals surface area contributed by atoms with Crippen LogP contribution in [-0.4, -0.2) is 4.98 Å². The Hall–Kier alpha value is -0.380. The van der Waals surface area contributed by atoms with Crippen molar-refractivity contribution in [1.82, 2.24) is 11.1 Å². The maximum atomic E-state index is 5.50. The van der Waals surface area contributed by atoms with Crippen LogP contribution >= 0.6 is 22.9 Å². The quantitative estimate of drug-likeness (QED) is 0.690. The van der Waals surface area contributed by atoms with Crippen molar-refractivity contribution in [1.29, 1.82) is 0 Å². The minimum absolute atomic E-state index is 0. The number of aromatic nitrogens is 1. The molecule has 1 rings (SSSR count). The largest absolute Gasteiger partial charge is 0.344 e. The van der Waals surface area contributed by atoms with Crippen LogP contribution in [0.4, 0.5) is 0 Å². The molecule has 0 aromatic carbocycles. The Morgan fingerprint density at radius 2 is 2.44 bits per heavy atom. The number of rotatable bonds is 1. The molecule has 0 saturated carbocycles. The number of hydrogen-bond donors (Lipinski definition) is 1. The summed E-state index contributed by atoms with van der Waals surface area (Å²) in [6.07, 6.45) is 3.42. The van der Waals surface area contributed by atoms with Gasteiger partial charge in [0.1, 0.15) is 0 Å². The minimum atomic E-state index is 0. The Kier molecular flexibility index (Phi) is 3.46. The zero-order valence-corrected chi connectivity index (χ0v) is 6.37. The molecule has 0 fully saturated rings. The molecule has 3 N–H and O–H groups in total. The molecule has 0 saturated heterocycles. The maximum Gasteiger partial charge on any atom is 0.184 e. The summed E-state index contributed by atoms with van der Waals surface area (Å²) < 4.78 is 0.569. The van der Waals surface area contributed by atoms with Gasteiger partial charge in [-0.2, -0.15) is 0 Å². The van der Waals surface area contributed by atoms with E-state index in [0.29, 0.717) is 4.47 Å². The standard InChI is InChI=1S/C5H4ClNS.H3N/c1-2-4-3-7-5(6)8-4;/h2-3H,1H2;1H3. The lowest BCUT2D eigenvalue weighted by molar-refractivity contribution is 1.42. The second-order valence-electron chi connectivity index (χ2n) is 1.22. The highest BCUT2D eigenvalue weighted by Crippen LogP contribution is 2.17. The van der Waals surface area contributed by atoms with Gasteiger partial charge in [-0.15, -0.1) is 11.3 Å². The lowest BCUT2D eigenvalue weighted by Gasteiger charge is -1.70. The molecule has 0 unspecified atom stereocenters. The van der Waals surface area contributed by atoms with Crippen molar-refractivity contribution < 1.29 is 0 Å². The highest BCUT2D eigenvalue weighted by Gasteiger charge is 1.90. The summed E-state index contributed by atoms with van der Waals surface area (Å²) in [6.45, 7) is 3.56. The van der Waals surface area contributed by atoms with Crippen molar-refractivity contribution in [2.45, 2.75) is 0 Å². The van der Waals surface area contributed by atoms with E-state index in [9.17, 15) is 0 Å². The van der Waals surface area contributed by atoms with Crippen LogP contribution in [0, 0.1) is 0 Å². The minimum Gasteiger partial charge on any atom is -0.344 e. The molecule has 0 atom stereocenters. The molecular formula is C5H7ClN2S. The Bertz CT molecular complexity index is 197. The fourth-order valence-electron chi connectivity index (χ4n) is 0.359. The number of nitrogens with zero attached hydrogens (tertiary/aromatic N) is 1. The second kappa shape index (κ2) is 3.61. The van der Waals surface area contributed by atoms with E-state index in [4.69, 9.17) is 11.6 Å². The smallest absolute Gasteiger partial charge is 0.184 e. The molecule has 0 spiro atoms. The fourth-order valence-corrected chi connectivity index (χ4v) is 1.16. The van der Waals surface area contributed by atoms with Crippen molar-refractivity contribution >= 4 is 29.0 Å². The van der Waals surface area contributed by atoms with Gasteiger partial charge in [-0.3, -0.25) is 0 Å². The summed E-state index contributed by atoms with van der Waals surface area (Å²) in [6, 6.07) is 0. The van der Waals surface area contributed by atoms with Gasteiger partial charge in [0.25, 0.3) is 0 Å². The van der Waals surface area contributed by atoms with Crippen LogP contribution < -0.4 is 6.15 Å². The normalized spacial score (nSPS) is 8.11. The molecule has 0 aliphatic heterocycles. The third-order valence-corrected chi connectivity index (χ3v) is 1.81. The van der Waals surface area contributed by atoms with Crippen LogP contribution in [0.1, 0.15) is 4.88 Å². The maximum absolute atomic E-state index is 5.50. The first-order chi connectivity index (χ1) is 3.83. The van der Waals surface area contributed by atoms with Crippen LogP contribution in [0.25, 0.3) is 6.08 Å². The average Bonchev–Trinajstić information content (AvgIpc) is 2.14. The third kappa shape index (κ3) is 2.13. The zero-order chi connectivity index (χ0) is 5.98. The number of hydrogen-bond acceptors (Lipinski definition) is 3. The highest BCUT2D eigenvalue weighted by molar-refractivity contribution is 7.16. The molecule has 1 heterocycles. The van der Waals surface area contributed by atoms with Crippen LogP contribution in [0.2, 0.25) is 4.47 Å². The molecule has 0 aliphatic rings. The first-order valence-corrected chi connectivity index (χ1v) is 3.26. The van der Waals surface area contributed by atoms with Crippen molar-refractivity contribution in [2.75, 3.05) is 0 Å². The van der Waals surface area contributed by atoms with Gasteiger partial charge >= 0.3 is 0 Å². The molecule has 0 amide bonds. The lowest BCUT2D eigenvalue weighted by atomic mass is 10.6. The molecule has 0 aliphatic carbocycles. The van der Waals surface area contributed by atoms with E-state index in [2.05, 4.69) is 11.6 Å². The third-order valence-electron chi connectivity index (χ3n) is 0.697. The monoisotopic (exact) mass is 162 g/mol. The predicted octanol–water partition coefficient (Wildman–Crippen LogP) is 2.60. The zero-order valence-electron chi connectivity index (χ0n) is 4.80. The van der Waals surface area contributed by atoms with Crippen LogP contribution in [0.15, 0.2) is 12.8 Å². The van der Waals surface area contributed by atoms with E-state index >= 15 is 0 Å². The topological polar surface area (TPSA) is 47.9 Å². The number of halogens is 1. The Balaban J connectivity index is 0.000000640. The van der Waals surface area contributed by atoms with Crippen molar-refractivity contribution in [2.24, 2.45) is 0 Å². The van der Waals surface area contributed by atoms with E-state index in [0.717, 1.165) is 4.88 Å². The molecule has 9 heavy (non-hydrogen) atoms. The van der Waals surface area contributed by atoms with Crippen LogP contribution in [-0.2, 0) is 0 Å². The van der Waals surface area contributed by atoms with Gasteiger partial charge in [0.15, 0.2) is 4.47 Å². The molecule has 1 aromatic rings. The van der Waals surface area contributed by atoms with E-state index in [1.165, 1.54) is 11.3 Å². The van der Waals surface area contributed by atoms with Crippen molar-refractivity contribution in [3.63, 3.8) is 0 Å². The Labute approximate surface area is 62.8 Å². The molecule has 2 nitrogen and oxygen atoms in total. The summed E-state index contributed by atoms with van der Waals surface area (Å²) in [5.41, 5.74) is 0. The van der Waals surface area contributed by atoms with E-state index < -0.39 is 0 Å². The van der Waals surface area contributed by atoms with Crippen molar-refractivity contribution in [3.05, 3.63) is 22.1 Å². The lowest BCUT2D eigenvalue weighted by Crippen LogP contribution is -1.51. The van der Waals surface area contributed by atoms with E-state index in [-0.39, 0.29) is 6.15 Å². The number of thiazole rings is 1. The summed E-state index contributed by atoms with van der Waals surface area (Å²) in [5.74, 6) is 0. The first kappa shape index (κ1) is 8.62. The summed E-state index contributed by atoms with van der Waals surface area (Å²) in [7, 11) is 0. The SMILES string of the molecule is C=Cc1cnc(Cl)s1.N. The Morgan fingerprint density at radius 3 is 2.67 bits per heavy atom. The molecule has 0 radical (unpaired) electrons. The molecule has 50 valence electrons. The van der Waals surface area contributed by atoms with Gasteiger partial charge < -0.3 is 6.15 Å².